The molecule has 0 fully saturated rings. The van der Waals surface area contributed by atoms with E-state index in [4.69, 9.17) is 11.5 Å². The van der Waals surface area contributed by atoms with Crippen LogP contribution in [-0.4, -0.2) is 18.0 Å². The Kier molecular flexibility index (Phi) is 3.39. The molecule has 0 radical (unpaired) electrons. The van der Waals surface area contributed by atoms with E-state index in [1.807, 2.05) is 0 Å². The summed E-state index contributed by atoms with van der Waals surface area (Å²) in [7, 11) is 0. The Balaban J connectivity index is 2.65. The second-order valence-corrected chi connectivity index (χ2v) is 2.56. The van der Waals surface area contributed by atoms with Crippen LogP contribution in [0.5, 0.6) is 0 Å². The number of ether oxygens (including phenoxy) is 1. The van der Waals surface area contributed by atoms with Gasteiger partial charge in [-0.15, -0.1) is 4.99 Å². The number of hydrogen-bond acceptors (Lipinski definition) is 3. The standard InChI is InChI=1S/C9H9N3O3/c10-8(11)12-9(14)15-7(13)6-4-2-1-3-5-6/h1-5H,(H4,10,11,12,14). The summed E-state index contributed by atoms with van der Waals surface area (Å²) in [5.74, 6) is -1.26. The molecule has 0 aromatic heterocycles. The van der Waals surface area contributed by atoms with Crippen molar-refractivity contribution in [2.75, 3.05) is 0 Å². The van der Waals surface area contributed by atoms with E-state index in [-0.39, 0.29) is 5.56 Å². The SMILES string of the molecule is NC(N)=NC(=O)OC(=O)c1ccccc1. The Bertz CT molecular complexity index is 396. The van der Waals surface area contributed by atoms with Gasteiger partial charge in [-0.05, 0) is 12.1 Å². The van der Waals surface area contributed by atoms with Crippen molar-refractivity contribution in [3.05, 3.63) is 35.9 Å². The summed E-state index contributed by atoms with van der Waals surface area (Å²) in [4.78, 5) is 25.1. The van der Waals surface area contributed by atoms with E-state index in [1.165, 1.54) is 12.1 Å². The molecule has 1 amide bonds. The smallest absolute Gasteiger partial charge is 0.371 e. The zero-order valence-electron chi connectivity index (χ0n) is 7.71. The maximum atomic E-state index is 11.2. The first kappa shape index (κ1) is 10.7. The third kappa shape index (κ3) is 3.47. The fourth-order valence-corrected chi connectivity index (χ4v) is 0.841. The van der Waals surface area contributed by atoms with Crippen LogP contribution in [0.25, 0.3) is 0 Å². The molecule has 0 unspecified atom stereocenters. The highest BCUT2D eigenvalue weighted by atomic mass is 16.6. The molecule has 78 valence electrons. The van der Waals surface area contributed by atoms with Gasteiger partial charge in [0.2, 0.25) is 0 Å². The number of carbonyl (C=O) groups is 2. The predicted molar refractivity (Wildman–Crippen MR) is 53.1 cm³/mol. The van der Waals surface area contributed by atoms with Crippen LogP contribution in [0.2, 0.25) is 0 Å². The van der Waals surface area contributed by atoms with E-state index in [2.05, 4.69) is 9.73 Å². The Labute approximate surface area is 85.5 Å². The Morgan fingerprint density at radius 1 is 1.13 bits per heavy atom. The minimum absolute atomic E-state index is 0.247. The lowest BCUT2D eigenvalue weighted by molar-refractivity contribution is 0.0639. The molecule has 15 heavy (non-hydrogen) atoms. The predicted octanol–water partition coefficient (Wildman–Crippen LogP) is 0.237. The number of guanidine groups is 1. The number of carbonyl (C=O) groups excluding carboxylic acids is 2. The summed E-state index contributed by atoms with van der Waals surface area (Å²) in [6.07, 6.45) is -1.14. The molecule has 1 rings (SSSR count). The highest BCUT2D eigenvalue weighted by Gasteiger charge is 2.11. The van der Waals surface area contributed by atoms with E-state index in [9.17, 15) is 9.59 Å². The average molecular weight is 207 g/mol. The molecule has 0 heterocycles. The quantitative estimate of drug-likeness (QED) is 0.297. The zero-order valence-corrected chi connectivity index (χ0v) is 7.71. The fraction of sp³-hybridized carbons (Fsp3) is 0. The van der Waals surface area contributed by atoms with Crippen molar-refractivity contribution < 1.29 is 14.3 Å². The van der Waals surface area contributed by atoms with Gasteiger partial charge in [-0.3, -0.25) is 0 Å². The number of nitrogens with zero attached hydrogens (tertiary/aromatic N) is 1. The van der Waals surface area contributed by atoms with Crippen LogP contribution < -0.4 is 11.5 Å². The summed E-state index contributed by atoms with van der Waals surface area (Å²) in [6, 6.07) is 8.02. The molecule has 0 saturated carbocycles. The fourth-order valence-electron chi connectivity index (χ4n) is 0.841. The van der Waals surface area contributed by atoms with Crippen molar-refractivity contribution in [2.24, 2.45) is 16.5 Å². The van der Waals surface area contributed by atoms with Gasteiger partial charge in [0.15, 0.2) is 5.96 Å². The minimum Gasteiger partial charge on any atom is -0.371 e. The lowest BCUT2D eigenvalue weighted by Gasteiger charge is -1.98. The van der Waals surface area contributed by atoms with Crippen molar-refractivity contribution in [2.45, 2.75) is 0 Å². The molecular weight excluding hydrogens is 198 g/mol. The Morgan fingerprint density at radius 3 is 2.27 bits per heavy atom. The van der Waals surface area contributed by atoms with E-state index in [0.29, 0.717) is 0 Å². The number of amides is 1. The van der Waals surface area contributed by atoms with Crippen LogP contribution in [-0.2, 0) is 4.74 Å². The second-order valence-electron chi connectivity index (χ2n) is 2.56. The normalized spacial score (nSPS) is 9.07. The van der Waals surface area contributed by atoms with Gasteiger partial charge in [0.05, 0.1) is 5.56 Å². The van der Waals surface area contributed by atoms with Crippen molar-refractivity contribution >= 4 is 18.0 Å². The molecule has 0 saturated heterocycles. The summed E-state index contributed by atoms with van der Waals surface area (Å²) in [5.41, 5.74) is 10.1. The van der Waals surface area contributed by atoms with Gasteiger partial charge in [0, 0.05) is 0 Å². The van der Waals surface area contributed by atoms with Crippen molar-refractivity contribution in [1.29, 1.82) is 0 Å². The van der Waals surface area contributed by atoms with Crippen LogP contribution in [0.3, 0.4) is 0 Å². The molecule has 6 heteroatoms. The minimum atomic E-state index is -1.14. The number of hydrogen-bond donors (Lipinski definition) is 2. The average Bonchev–Trinajstić information content (AvgIpc) is 2.17. The molecule has 0 spiro atoms. The van der Waals surface area contributed by atoms with E-state index >= 15 is 0 Å². The van der Waals surface area contributed by atoms with Gasteiger partial charge in [0.1, 0.15) is 0 Å². The van der Waals surface area contributed by atoms with Crippen molar-refractivity contribution in [3.63, 3.8) is 0 Å². The van der Waals surface area contributed by atoms with Crippen molar-refractivity contribution in [1.82, 2.24) is 0 Å². The first-order valence-corrected chi connectivity index (χ1v) is 4.00. The summed E-state index contributed by atoms with van der Waals surface area (Å²) < 4.78 is 4.32. The Morgan fingerprint density at radius 2 is 1.73 bits per heavy atom. The van der Waals surface area contributed by atoms with Crippen LogP contribution in [0.4, 0.5) is 4.79 Å². The topological polar surface area (TPSA) is 108 Å². The second kappa shape index (κ2) is 4.75. The van der Waals surface area contributed by atoms with E-state index < -0.39 is 18.0 Å². The monoisotopic (exact) mass is 207 g/mol. The molecule has 1 aromatic rings. The molecule has 0 aliphatic heterocycles. The van der Waals surface area contributed by atoms with Gasteiger partial charge in [-0.2, -0.15) is 0 Å². The molecule has 4 N–H and O–H groups in total. The molecular formula is C9H9N3O3. The first-order chi connectivity index (χ1) is 7.09. The molecule has 0 bridgehead atoms. The number of aliphatic imine (C=N–C) groups is 1. The Hall–Kier alpha value is -2.37. The summed E-state index contributed by atoms with van der Waals surface area (Å²) in [5, 5.41) is 0. The van der Waals surface area contributed by atoms with Crippen molar-refractivity contribution in [3.8, 4) is 0 Å². The maximum Gasteiger partial charge on any atom is 0.444 e. The van der Waals surface area contributed by atoms with Gasteiger partial charge < -0.3 is 16.2 Å². The van der Waals surface area contributed by atoms with Gasteiger partial charge >= 0.3 is 12.1 Å². The van der Waals surface area contributed by atoms with Crippen LogP contribution in [0, 0.1) is 0 Å². The van der Waals surface area contributed by atoms with Crippen LogP contribution in [0.1, 0.15) is 10.4 Å². The largest absolute Gasteiger partial charge is 0.444 e. The first-order valence-electron chi connectivity index (χ1n) is 4.00. The third-order valence-electron chi connectivity index (χ3n) is 1.41. The van der Waals surface area contributed by atoms with E-state index in [0.717, 1.165) is 0 Å². The number of esters is 1. The molecule has 0 aliphatic carbocycles. The molecule has 6 nitrogen and oxygen atoms in total. The maximum absolute atomic E-state index is 11.2. The number of benzene rings is 1. The van der Waals surface area contributed by atoms with Gasteiger partial charge in [0.25, 0.3) is 0 Å². The number of rotatable bonds is 1. The molecule has 1 aromatic carbocycles. The molecule has 0 aliphatic rings. The summed E-state index contributed by atoms with van der Waals surface area (Å²) >= 11 is 0. The zero-order chi connectivity index (χ0) is 11.3. The van der Waals surface area contributed by atoms with Gasteiger partial charge in [-0.25, -0.2) is 9.59 Å². The molecule has 0 atom stereocenters. The number of nitrogens with two attached hydrogens (primary N) is 2. The lowest BCUT2D eigenvalue weighted by atomic mass is 10.2. The highest BCUT2D eigenvalue weighted by Crippen LogP contribution is 2.01. The highest BCUT2D eigenvalue weighted by molar-refractivity contribution is 5.99. The van der Waals surface area contributed by atoms with E-state index in [1.54, 1.807) is 18.2 Å². The third-order valence-corrected chi connectivity index (χ3v) is 1.41. The van der Waals surface area contributed by atoms with Gasteiger partial charge in [-0.1, -0.05) is 18.2 Å². The summed E-state index contributed by atoms with van der Waals surface area (Å²) in [6.45, 7) is 0. The van der Waals surface area contributed by atoms with Crippen LogP contribution >= 0.6 is 0 Å². The van der Waals surface area contributed by atoms with Crippen LogP contribution in [0.15, 0.2) is 35.3 Å². The lowest BCUT2D eigenvalue weighted by Crippen LogP contribution is -2.25.